The van der Waals surface area contributed by atoms with Crippen LogP contribution in [0.1, 0.15) is 5.56 Å². The number of hydrogen-bond donors (Lipinski definition) is 3. The van der Waals surface area contributed by atoms with Gasteiger partial charge in [0.1, 0.15) is 0 Å². The maximum absolute atomic E-state index is 11.7. The number of sulfonamides is 1. The van der Waals surface area contributed by atoms with Crippen molar-refractivity contribution in [3.63, 3.8) is 0 Å². The third-order valence-electron chi connectivity index (χ3n) is 2.88. The van der Waals surface area contributed by atoms with Crippen molar-refractivity contribution in [2.45, 2.75) is 4.90 Å². The van der Waals surface area contributed by atoms with Gasteiger partial charge in [-0.1, -0.05) is 0 Å². The molecule has 1 aliphatic rings. The van der Waals surface area contributed by atoms with Gasteiger partial charge in [0.15, 0.2) is 0 Å². The summed E-state index contributed by atoms with van der Waals surface area (Å²) in [5.74, 6) is 0. The third kappa shape index (κ3) is 1.92. The second-order valence-electron chi connectivity index (χ2n) is 4.03. The van der Waals surface area contributed by atoms with Gasteiger partial charge in [0, 0.05) is 0 Å². The molecule has 0 radical (unpaired) electrons. The first kappa shape index (κ1) is 12.0. The Morgan fingerprint density at radius 3 is 2.72 bits per heavy atom. The Kier molecular flexibility index (Phi) is 2.84. The minimum atomic E-state index is -3.71. The molecular formula is C11H10InN3O2S. The number of rotatable bonds is 2. The molecule has 0 unspecified atom stereocenters. The molecule has 0 aliphatic carbocycles. The van der Waals surface area contributed by atoms with Gasteiger partial charge >= 0.3 is 116 Å². The number of allylic oxidation sites excluding steroid dienone is 1. The molecular weight excluding hydrogens is 353 g/mol. The van der Waals surface area contributed by atoms with Crippen molar-refractivity contribution in [3.05, 3.63) is 42.2 Å². The Balaban J connectivity index is 2.43. The van der Waals surface area contributed by atoms with E-state index in [9.17, 15) is 8.42 Å². The van der Waals surface area contributed by atoms with E-state index in [1.165, 1.54) is 0 Å². The number of H-pyrrole nitrogens is 1. The van der Waals surface area contributed by atoms with Crippen LogP contribution in [0.2, 0.25) is 0 Å². The SMILES string of the molecule is NS(=O)(=O)c1ccc2cc[nH]c2c1[C]1=[In][NH]C=C1. The summed E-state index contributed by atoms with van der Waals surface area (Å²) in [5, 5.41) is 6.30. The first-order valence-corrected chi connectivity index (χ1v) is 10.2. The quantitative estimate of drug-likeness (QED) is 0.706. The molecule has 7 heteroatoms. The molecule has 0 amide bonds. The molecule has 1 aromatic heterocycles. The summed E-state index contributed by atoms with van der Waals surface area (Å²) in [6.45, 7) is 0. The summed E-state index contributed by atoms with van der Waals surface area (Å²) in [7, 11) is -3.71. The predicted octanol–water partition coefficient (Wildman–Crippen LogP) is 0.0719. The van der Waals surface area contributed by atoms with Crippen molar-refractivity contribution in [1.29, 1.82) is 0 Å². The molecule has 4 N–H and O–H groups in total. The van der Waals surface area contributed by atoms with Crippen molar-refractivity contribution in [2.75, 3.05) is 0 Å². The van der Waals surface area contributed by atoms with Crippen molar-refractivity contribution in [3.8, 4) is 0 Å². The Morgan fingerprint density at radius 2 is 2.06 bits per heavy atom. The summed E-state index contributed by atoms with van der Waals surface area (Å²) >= 11 is -1.14. The van der Waals surface area contributed by atoms with E-state index >= 15 is 0 Å². The van der Waals surface area contributed by atoms with Gasteiger partial charge in [0.05, 0.1) is 0 Å². The number of aromatic amines is 1. The number of hydrogen-bond acceptors (Lipinski definition) is 3. The van der Waals surface area contributed by atoms with Crippen LogP contribution in [0.5, 0.6) is 0 Å². The van der Waals surface area contributed by atoms with Gasteiger partial charge in [-0.15, -0.1) is 0 Å². The average molecular weight is 363 g/mol. The van der Waals surface area contributed by atoms with Gasteiger partial charge in [-0.2, -0.15) is 0 Å². The predicted molar refractivity (Wildman–Crippen MR) is 71.8 cm³/mol. The normalized spacial score (nSPS) is 14.4. The van der Waals surface area contributed by atoms with Gasteiger partial charge in [-0.3, -0.25) is 0 Å². The van der Waals surface area contributed by atoms with Crippen LogP contribution in [-0.4, -0.2) is 39.4 Å². The number of primary sulfonamides is 1. The Morgan fingerprint density at radius 1 is 1.22 bits per heavy atom. The summed E-state index contributed by atoms with van der Waals surface area (Å²) in [6.07, 6.45) is 5.64. The Bertz CT molecular complexity index is 790. The standard InChI is InChI=1S/C11H10N3O2S.In/c12-6-1-2-9-10(17(13,15)16)4-3-8-5-7-14-11(8)9;/h1,3-7,12,14H,(H2,13,15,16);/q-1;+1. The van der Waals surface area contributed by atoms with Crippen LogP contribution in [0.4, 0.5) is 0 Å². The summed E-state index contributed by atoms with van der Waals surface area (Å²) in [4.78, 5) is 3.31. The second-order valence-corrected chi connectivity index (χ2v) is 9.11. The van der Waals surface area contributed by atoms with Gasteiger partial charge in [-0.05, 0) is 0 Å². The van der Waals surface area contributed by atoms with Crippen molar-refractivity contribution >= 4 is 46.9 Å². The van der Waals surface area contributed by atoms with Crippen LogP contribution < -0.4 is 8.44 Å². The molecule has 90 valence electrons. The fourth-order valence-electron chi connectivity index (χ4n) is 2.11. The second kappa shape index (κ2) is 4.25. The van der Waals surface area contributed by atoms with Gasteiger partial charge < -0.3 is 0 Å². The summed E-state index contributed by atoms with van der Waals surface area (Å²) in [6, 6.07) is 5.28. The van der Waals surface area contributed by atoms with E-state index in [4.69, 9.17) is 5.14 Å². The Hall–Kier alpha value is -1.05. The average Bonchev–Trinajstić information content (AvgIpc) is 2.97. The molecule has 0 bridgehead atoms. The van der Waals surface area contributed by atoms with Crippen molar-refractivity contribution in [2.24, 2.45) is 5.14 Å². The van der Waals surface area contributed by atoms with Crippen LogP contribution in [0.3, 0.4) is 0 Å². The monoisotopic (exact) mass is 363 g/mol. The molecule has 18 heavy (non-hydrogen) atoms. The topological polar surface area (TPSA) is 88.0 Å². The number of nitrogens with one attached hydrogen (secondary N) is 2. The van der Waals surface area contributed by atoms with E-state index in [0.29, 0.717) is 0 Å². The van der Waals surface area contributed by atoms with Crippen LogP contribution in [0, 0.1) is 0 Å². The molecule has 5 nitrogen and oxygen atoms in total. The van der Waals surface area contributed by atoms with E-state index in [2.05, 4.69) is 8.29 Å². The van der Waals surface area contributed by atoms with E-state index in [1.54, 1.807) is 18.3 Å². The van der Waals surface area contributed by atoms with E-state index in [0.717, 1.165) is 19.7 Å². The first-order chi connectivity index (χ1) is 8.57. The van der Waals surface area contributed by atoms with Gasteiger partial charge in [0.2, 0.25) is 0 Å². The first-order valence-electron chi connectivity index (χ1n) is 5.33. The zero-order valence-corrected chi connectivity index (χ0v) is 13.5. The molecule has 0 atom stereocenters. The van der Waals surface area contributed by atoms with E-state index in [-0.39, 0.29) is 4.90 Å². The van der Waals surface area contributed by atoms with Crippen molar-refractivity contribution in [1.82, 2.24) is 8.29 Å². The van der Waals surface area contributed by atoms with Crippen molar-refractivity contribution < 1.29 is 8.42 Å². The van der Waals surface area contributed by atoms with Gasteiger partial charge in [-0.25, -0.2) is 0 Å². The van der Waals surface area contributed by atoms with Crippen LogP contribution in [-0.2, 0) is 10.0 Å². The zero-order valence-electron chi connectivity index (χ0n) is 9.34. The third-order valence-corrected chi connectivity index (χ3v) is 7.12. The number of nitrogens with two attached hydrogens (primary N) is 1. The molecule has 2 aromatic rings. The number of aromatic nitrogens is 1. The molecule has 3 rings (SSSR count). The van der Waals surface area contributed by atoms with E-state index in [1.807, 2.05) is 18.3 Å². The molecule has 1 aliphatic heterocycles. The number of benzene rings is 1. The molecule has 0 saturated carbocycles. The number of fused-ring (bicyclic) bond motifs is 1. The Labute approximate surface area is 115 Å². The minimum absolute atomic E-state index is 0.201. The molecule has 0 spiro atoms. The van der Waals surface area contributed by atoms with Crippen LogP contribution >= 0.6 is 0 Å². The fraction of sp³-hybridized carbons (Fsp3) is 0. The zero-order chi connectivity index (χ0) is 12.8. The molecule has 0 fully saturated rings. The summed E-state index contributed by atoms with van der Waals surface area (Å²) in [5.41, 5.74) is 1.58. The molecule has 0 saturated heterocycles. The van der Waals surface area contributed by atoms with E-state index < -0.39 is 32.7 Å². The van der Waals surface area contributed by atoms with Crippen LogP contribution in [0.25, 0.3) is 10.9 Å². The molecule has 1 aromatic carbocycles. The van der Waals surface area contributed by atoms with Gasteiger partial charge in [0.25, 0.3) is 0 Å². The molecule has 2 heterocycles. The summed E-state index contributed by atoms with van der Waals surface area (Å²) < 4.78 is 27.7. The van der Waals surface area contributed by atoms with Crippen LogP contribution in [0.15, 0.2) is 41.6 Å². The fourth-order valence-corrected chi connectivity index (χ4v) is 6.05. The maximum atomic E-state index is 11.7.